The summed E-state index contributed by atoms with van der Waals surface area (Å²) in [6, 6.07) is 0. The van der Waals surface area contributed by atoms with Crippen LogP contribution in [-0.4, -0.2) is 12.4 Å². The first-order chi connectivity index (χ1) is 8.68. The monoisotopic (exact) mass is 304 g/mol. The fraction of sp³-hybridized carbons (Fsp3) is 1.00. The van der Waals surface area contributed by atoms with E-state index in [-0.39, 0.29) is 0 Å². The van der Waals surface area contributed by atoms with Crippen molar-refractivity contribution in [3.05, 3.63) is 0 Å². The quantitative estimate of drug-likeness (QED) is 0.270. The lowest BCUT2D eigenvalue weighted by Crippen LogP contribution is -2.20. The minimum Gasteiger partial charge on any atom is -0.418 e. The van der Waals surface area contributed by atoms with Gasteiger partial charge in [-0.3, -0.25) is 0 Å². The first-order valence-corrected chi connectivity index (χ1v) is 8.12. The molecular formula is C13H30BF4P. The predicted octanol–water partition coefficient (Wildman–Crippen LogP) is 6.20. The molecular weight excluding hydrogens is 274 g/mol. The van der Waals surface area contributed by atoms with Gasteiger partial charge in [0.25, 0.3) is 0 Å². The highest BCUT2D eigenvalue weighted by atomic mass is 31.0. The Labute approximate surface area is 118 Å². The molecule has 0 fully saturated rings. The average molecular weight is 304 g/mol. The highest BCUT2D eigenvalue weighted by Crippen LogP contribution is 2.36. The van der Waals surface area contributed by atoms with Crippen molar-refractivity contribution in [1.29, 1.82) is 0 Å². The van der Waals surface area contributed by atoms with Gasteiger partial charge in [0.2, 0.25) is 0 Å². The van der Waals surface area contributed by atoms with Gasteiger partial charge in [-0.2, -0.15) is 0 Å². The molecule has 0 saturated carbocycles. The maximum atomic E-state index is 9.75. The Balaban J connectivity index is 0. The van der Waals surface area contributed by atoms with Gasteiger partial charge >= 0.3 is 7.25 Å². The smallest absolute Gasteiger partial charge is 0.418 e. The number of halogens is 4. The lowest BCUT2D eigenvalue weighted by Gasteiger charge is -2.24. The average Bonchev–Trinajstić information content (AvgIpc) is 2.30. The molecule has 0 N–H and O–H groups in total. The molecule has 1 unspecified atom stereocenters. The van der Waals surface area contributed by atoms with Crippen molar-refractivity contribution in [2.24, 2.45) is 0 Å². The Bertz CT molecular complexity index is 170. The van der Waals surface area contributed by atoms with Crippen molar-refractivity contribution in [3.63, 3.8) is 0 Å². The lowest BCUT2D eigenvalue weighted by atomic mass is 9.90. The molecule has 0 aromatic carbocycles. The Kier molecular flexibility index (Phi) is 13.6. The molecule has 19 heavy (non-hydrogen) atoms. The van der Waals surface area contributed by atoms with E-state index in [0.717, 1.165) is 0 Å². The van der Waals surface area contributed by atoms with E-state index in [1.165, 1.54) is 57.8 Å². The molecule has 0 aromatic heterocycles. The van der Waals surface area contributed by atoms with E-state index in [1.807, 2.05) is 0 Å². The fourth-order valence-corrected chi connectivity index (χ4v) is 2.78. The number of rotatable bonds is 9. The van der Waals surface area contributed by atoms with Gasteiger partial charge in [-0.15, -0.1) is 0 Å². The van der Waals surface area contributed by atoms with Crippen LogP contribution in [0.2, 0.25) is 0 Å². The van der Waals surface area contributed by atoms with Gasteiger partial charge in [-0.1, -0.05) is 40.0 Å². The van der Waals surface area contributed by atoms with Crippen LogP contribution in [0.1, 0.15) is 78.6 Å². The second-order valence-electron chi connectivity index (χ2n) is 5.31. The van der Waals surface area contributed by atoms with E-state index in [9.17, 15) is 17.3 Å². The van der Waals surface area contributed by atoms with Crippen LogP contribution < -0.4 is 0 Å². The van der Waals surface area contributed by atoms with Crippen LogP contribution in [0.5, 0.6) is 0 Å². The van der Waals surface area contributed by atoms with E-state index in [1.54, 1.807) is 0 Å². The van der Waals surface area contributed by atoms with Gasteiger partial charge in [-0.05, 0) is 47.8 Å². The van der Waals surface area contributed by atoms with Crippen molar-refractivity contribution in [1.82, 2.24) is 0 Å². The van der Waals surface area contributed by atoms with Crippen molar-refractivity contribution in [2.75, 3.05) is 0 Å². The summed E-state index contributed by atoms with van der Waals surface area (Å²) in [5.74, 6) is 0. The van der Waals surface area contributed by atoms with E-state index in [0.29, 0.717) is 5.16 Å². The normalized spacial score (nSPS) is 12.2. The topological polar surface area (TPSA) is 0 Å². The van der Waals surface area contributed by atoms with Gasteiger partial charge in [0.05, 0.1) is 5.16 Å². The largest absolute Gasteiger partial charge is 0.673 e. The standard InChI is InChI=1S/C13H29P.BF4/c1-4-7-10-13(14,11-8-5-2)12-9-6-3;2-1(3,4)5/h4-12,14H2,1-3H3;/q;-1/p+1. The van der Waals surface area contributed by atoms with Gasteiger partial charge in [0, 0.05) is 0 Å². The van der Waals surface area contributed by atoms with E-state index >= 15 is 0 Å². The summed E-state index contributed by atoms with van der Waals surface area (Å²) in [6.07, 6.45) is 12.7. The molecule has 0 saturated heterocycles. The molecule has 0 heterocycles. The third-order valence-electron chi connectivity index (χ3n) is 3.18. The van der Waals surface area contributed by atoms with Crippen LogP contribution in [-0.2, 0) is 0 Å². The molecule has 0 aliphatic heterocycles. The molecule has 0 aliphatic carbocycles. The van der Waals surface area contributed by atoms with Crippen LogP contribution in [0.25, 0.3) is 0 Å². The fourth-order valence-electron chi connectivity index (χ4n) is 2.03. The maximum Gasteiger partial charge on any atom is 0.673 e. The van der Waals surface area contributed by atoms with Crippen LogP contribution in [0.3, 0.4) is 0 Å². The van der Waals surface area contributed by atoms with Crippen LogP contribution >= 0.6 is 9.24 Å². The molecule has 0 aromatic rings. The second kappa shape index (κ2) is 12.0. The predicted molar refractivity (Wildman–Crippen MR) is 82.6 cm³/mol. The number of unbranched alkanes of at least 4 members (excludes halogenated alkanes) is 3. The van der Waals surface area contributed by atoms with Crippen molar-refractivity contribution < 1.29 is 17.3 Å². The maximum absolute atomic E-state index is 9.75. The van der Waals surface area contributed by atoms with Crippen molar-refractivity contribution >= 4 is 16.5 Å². The summed E-state index contributed by atoms with van der Waals surface area (Å²) < 4.78 is 39.0. The first-order valence-electron chi connectivity index (χ1n) is 7.41. The lowest BCUT2D eigenvalue weighted by molar-refractivity contribution is 0.368. The summed E-state index contributed by atoms with van der Waals surface area (Å²) in [5.41, 5.74) is 0. The zero-order valence-corrected chi connectivity index (χ0v) is 14.1. The molecule has 118 valence electrons. The summed E-state index contributed by atoms with van der Waals surface area (Å²) in [5, 5.41) is 0.683. The Hall–Kier alpha value is 0.215. The SMILES string of the molecule is CCCCC([PH3+])(CCCC)CCCC.F[B-](F)(F)F. The first kappa shape index (κ1) is 21.5. The third-order valence-corrected chi connectivity index (χ3v) is 4.24. The summed E-state index contributed by atoms with van der Waals surface area (Å²) in [4.78, 5) is 0. The van der Waals surface area contributed by atoms with E-state index in [4.69, 9.17) is 0 Å². The van der Waals surface area contributed by atoms with Gasteiger partial charge in [0.1, 0.15) is 0 Å². The third kappa shape index (κ3) is 20.7. The molecule has 0 radical (unpaired) electrons. The molecule has 6 heteroatoms. The van der Waals surface area contributed by atoms with Gasteiger partial charge in [0.15, 0.2) is 0 Å². The zero-order valence-electron chi connectivity index (χ0n) is 12.7. The molecule has 0 nitrogen and oxygen atoms in total. The molecule has 0 amide bonds. The number of hydrogen-bond donors (Lipinski definition) is 0. The zero-order chi connectivity index (χ0) is 15.4. The Morgan fingerprint density at radius 1 is 0.737 bits per heavy atom. The molecule has 0 spiro atoms. The molecule has 0 rings (SSSR count). The Morgan fingerprint density at radius 2 is 0.947 bits per heavy atom. The van der Waals surface area contributed by atoms with Crippen molar-refractivity contribution in [3.8, 4) is 0 Å². The summed E-state index contributed by atoms with van der Waals surface area (Å²) in [7, 11) is -3.71. The van der Waals surface area contributed by atoms with Crippen LogP contribution in [0.4, 0.5) is 17.3 Å². The van der Waals surface area contributed by atoms with Crippen molar-refractivity contribution in [2.45, 2.75) is 83.7 Å². The highest BCUT2D eigenvalue weighted by molar-refractivity contribution is 7.19. The molecule has 0 aliphatic rings. The van der Waals surface area contributed by atoms with Crippen LogP contribution in [0.15, 0.2) is 0 Å². The second-order valence-corrected chi connectivity index (χ2v) is 6.81. The van der Waals surface area contributed by atoms with E-state index in [2.05, 4.69) is 30.0 Å². The van der Waals surface area contributed by atoms with Gasteiger partial charge < -0.3 is 17.3 Å². The Morgan fingerprint density at radius 3 is 1.11 bits per heavy atom. The van der Waals surface area contributed by atoms with E-state index < -0.39 is 7.25 Å². The molecule has 1 atom stereocenters. The van der Waals surface area contributed by atoms with Crippen LogP contribution in [0, 0.1) is 0 Å². The minimum atomic E-state index is -6.00. The summed E-state index contributed by atoms with van der Waals surface area (Å²) in [6.45, 7) is 6.93. The summed E-state index contributed by atoms with van der Waals surface area (Å²) >= 11 is 0. The number of hydrogen-bond acceptors (Lipinski definition) is 0. The molecule has 0 bridgehead atoms. The minimum absolute atomic E-state index is 0.683. The highest BCUT2D eigenvalue weighted by Gasteiger charge is 2.27. The van der Waals surface area contributed by atoms with Gasteiger partial charge in [-0.25, -0.2) is 0 Å².